The van der Waals surface area contributed by atoms with Gasteiger partial charge in [0.05, 0.1) is 4.90 Å². The molecule has 2 N–H and O–H groups in total. The fourth-order valence-corrected chi connectivity index (χ4v) is 3.60. The number of anilines is 1. The molecule has 0 saturated heterocycles. The Bertz CT molecular complexity index is 910. The number of amides is 1. The van der Waals surface area contributed by atoms with Crippen molar-refractivity contribution in [2.75, 3.05) is 5.32 Å². The van der Waals surface area contributed by atoms with Gasteiger partial charge in [0, 0.05) is 18.7 Å². The van der Waals surface area contributed by atoms with Crippen LogP contribution in [0.15, 0.2) is 41.3 Å². The van der Waals surface area contributed by atoms with Gasteiger partial charge in [0.1, 0.15) is 5.82 Å². The zero-order chi connectivity index (χ0) is 17.3. The Kier molecular flexibility index (Phi) is 4.38. The van der Waals surface area contributed by atoms with E-state index in [1.807, 2.05) is 0 Å². The number of nitrogens with one attached hydrogen (secondary N) is 2. The fourth-order valence-electron chi connectivity index (χ4n) is 2.53. The normalized spacial score (nSPS) is 14.2. The highest BCUT2D eigenvalue weighted by molar-refractivity contribution is 7.89. The number of sulfonamides is 1. The van der Waals surface area contributed by atoms with Crippen LogP contribution >= 0.6 is 0 Å². The monoisotopic (exact) mass is 348 g/mol. The van der Waals surface area contributed by atoms with E-state index in [0.717, 1.165) is 5.56 Å². The van der Waals surface area contributed by atoms with E-state index in [1.165, 1.54) is 12.1 Å². The highest BCUT2D eigenvalue weighted by atomic mass is 32.2. The number of aryl methyl sites for hydroxylation is 2. The molecule has 0 fully saturated rings. The molecule has 5 nitrogen and oxygen atoms in total. The lowest BCUT2D eigenvalue weighted by Crippen LogP contribution is -2.24. The van der Waals surface area contributed by atoms with Crippen molar-refractivity contribution in [3.8, 4) is 0 Å². The molecule has 3 rings (SSSR count). The average molecular weight is 348 g/mol. The smallest absolute Gasteiger partial charge is 0.240 e. The Balaban J connectivity index is 1.78. The zero-order valence-corrected chi connectivity index (χ0v) is 13.9. The van der Waals surface area contributed by atoms with E-state index in [4.69, 9.17) is 0 Å². The number of benzene rings is 2. The van der Waals surface area contributed by atoms with E-state index >= 15 is 0 Å². The highest BCUT2D eigenvalue weighted by Gasteiger charge is 2.19. The van der Waals surface area contributed by atoms with Crippen molar-refractivity contribution in [3.05, 3.63) is 58.9 Å². The van der Waals surface area contributed by atoms with Gasteiger partial charge in [-0.15, -0.1) is 0 Å². The molecule has 1 aliphatic heterocycles. The summed E-state index contributed by atoms with van der Waals surface area (Å²) in [5.74, 6) is -0.436. The van der Waals surface area contributed by atoms with Gasteiger partial charge in [-0.3, -0.25) is 4.79 Å². The van der Waals surface area contributed by atoms with E-state index in [9.17, 15) is 17.6 Å². The quantitative estimate of drug-likeness (QED) is 0.891. The topological polar surface area (TPSA) is 75.3 Å². The predicted molar refractivity (Wildman–Crippen MR) is 88.6 cm³/mol. The molecule has 1 heterocycles. The van der Waals surface area contributed by atoms with Crippen molar-refractivity contribution in [1.82, 2.24) is 4.72 Å². The number of carbonyl (C=O) groups excluding carboxylic acids is 1. The third-order valence-electron chi connectivity index (χ3n) is 3.99. The molecule has 0 radical (unpaired) electrons. The minimum Gasteiger partial charge on any atom is -0.326 e. The second-order valence-corrected chi connectivity index (χ2v) is 7.54. The summed E-state index contributed by atoms with van der Waals surface area (Å²) in [5, 5.41) is 2.71. The predicted octanol–water partition coefficient (Wildman–Crippen LogP) is 2.50. The molecule has 0 unspecified atom stereocenters. The van der Waals surface area contributed by atoms with Crippen molar-refractivity contribution in [2.45, 2.75) is 31.2 Å². The van der Waals surface area contributed by atoms with Gasteiger partial charge >= 0.3 is 0 Å². The van der Waals surface area contributed by atoms with E-state index in [0.29, 0.717) is 29.7 Å². The first-order valence-electron chi connectivity index (χ1n) is 7.52. The second kappa shape index (κ2) is 6.33. The second-order valence-electron chi connectivity index (χ2n) is 5.78. The van der Waals surface area contributed by atoms with Crippen LogP contribution in [0.3, 0.4) is 0 Å². The van der Waals surface area contributed by atoms with E-state index in [-0.39, 0.29) is 23.2 Å². The summed E-state index contributed by atoms with van der Waals surface area (Å²) in [4.78, 5) is 11.5. The standard InChI is InChI=1S/C17H17FN2O3S/c1-11-2-3-12(8-15(11)18)10-19-24(22,23)14-5-6-16-13(9-14)4-7-17(21)20-16/h2-3,5-6,8-9,19H,4,7,10H2,1H3,(H,20,21). The number of fused-ring (bicyclic) bond motifs is 1. The Labute approximate surface area is 139 Å². The first-order valence-corrected chi connectivity index (χ1v) is 9.01. The molecule has 7 heteroatoms. The van der Waals surface area contributed by atoms with Gasteiger partial charge in [-0.1, -0.05) is 12.1 Å². The van der Waals surface area contributed by atoms with Crippen LogP contribution in [0.2, 0.25) is 0 Å². The third-order valence-corrected chi connectivity index (χ3v) is 5.38. The molecule has 0 aromatic heterocycles. The number of hydrogen-bond acceptors (Lipinski definition) is 3. The Morgan fingerprint density at radius 1 is 1.17 bits per heavy atom. The van der Waals surface area contributed by atoms with Gasteiger partial charge in [-0.05, 0) is 54.3 Å². The van der Waals surface area contributed by atoms with Crippen molar-refractivity contribution in [1.29, 1.82) is 0 Å². The van der Waals surface area contributed by atoms with E-state index in [2.05, 4.69) is 10.0 Å². The third kappa shape index (κ3) is 3.47. The van der Waals surface area contributed by atoms with Crippen LogP contribution in [0, 0.1) is 12.7 Å². The Morgan fingerprint density at radius 3 is 2.71 bits per heavy atom. The van der Waals surface area contributed by atoms with Gasteiger partial charge in [0.25, 0.3) is 0 Å². The van der Waals surface area contributed by atoms with Crippen molar-refractivity contribution >= 4 is 21.6 Å². The number of halogens is 1. The minimum atomic E-state index is -3.71. The van der Waals surface area contributed by atoms with Gasteiger partial charge in [-0.25, -0.2) is 17.5 Å². The van der Waals surface area contributed by atoms with Crippen LogP contribution in [0.5, 0.6) is 0 Å². The lowest BCUT2D eigenvalue weighted by atomic mass is 10.0. The van der Waals surface area contributed by atoms with Crippen LogP contribution < -0.4 is 10.0 Å². The molecule has 0 bridgehead atoms. The average Bonchev–Trinajstić information content (AvgIpc) is 2.55. The molecule has 1 amide bonds. The number of hydrogen-bond donors (Lipinski definition) is 2. The number of rotatable bonds is 4. The lowest BCUT2D eigenvalue weighted by molar-refractivity contribution is -0.116. The van der Waals surface area contributed by atoms with Crippen molar-refractivity contribution < 1.29 is 17.6 Å². The summed E-state index contributed by atoms with van der Waals surface area (Å²) in [6.07, 6.45) is 0.847. The maximum atomic E-state index is 13.5. The molecule has 0 atom stereocenters. The lowest BCUT2D eigenvalue weighted by Gasteiger charge is -2.17. The summed E-state index contributed by atoms with van der Waals surface area (Å²) in [6, 6.07) is 9.21. The molecule has 1 aliphatic rings. The highest BCUT2D eigenvalue weighted by Crippen LogP contribution is 2.25. The van der Waals surface area contributed by atoms with Crippen LogP contribution in [0.25, 0.3) is 0 Å². The largest absolute Gasteiger partial charge is 0.326 e. The van der Waals surface area contributed by atoms with Crippen LogP contribution in [0.4, 0.5) is 10.1 Å². The van der Waals surface area contributed by atoms with Crippen molar-refractivity contribution in [2.24, 2.45) is 0 Å². The van der Waals surface area contributed by atoms with E-state index < -0.39 is 10.0 Å². The summed E-state index contributed by atoms with van der Waals surface area (Å²) < 4.78 is 40.8. The van der Waals surface area contributed by atoms with Crippen LogP contribution in [-0.4, -0.2) is 14.3 Å². The van der Waals surface area contributed by atoms with Gasteiger partial charge in [0.15, 0.2) is 0 Å². The van der Waals surface area contributed by atoms with Gasteiger partial charge < -0.3 is 5.32 Å². The molecule has 0 saturated carbocycles. The molecule has 2 aromatic carbocycles. The molecule has 0 spiro atoms. The minimum absolute atomic E-state index is 0.00730. The summed E-state index contributed by atoms with van der Waals surface area (Å²) in [6.45, 7) is 1.66. The molecular weight excluding hydrogens is 331 g/mol. The SMILES string of the molecule is Cc1ccc(CNS(=O)(=O)c2ccc3c(c2)CCC(=O)N3)cc1F. The zero-order valence-electron chi connectivity index (χ0n) is 13.1. The summed E-state index contributed by atoms with van der Waals surface area (Å²) in [7, 11) is -3.71. The molecule has 2 aromatic rings. The van der Waals surface area contributed by atoms with E-state index in [1.54, 1.807) is 31.2 Å². The summed E-state index contributed by atoms with van der Waals surface area (Å²) in [5.41, 5.74) is 2.50. The van der Waals surface area contributed by atoms with Crippen LogP contribution in [0.1, 0.15) is 23.1 Å². The molecule has 24 heavy (non-hydrogen) atoms. The first-order chi connectivity index (χ1) is 11.3. The first kappa shape index (κ1) is 16.6. The van der Waals surface area contributed by atoms with Gasteiger partial charge in [-0.2, -0.15) is 0 Å². The number of carbonyl (C=O) groups is 1. The maximum Gasteiger partial charge on any atom is 0.240 e. The van der Waals surface area contributed by atoms with Gasteiger partial charge in [0.2, 0.25) is 15.9 Å². The molecule has 126 valence electrons. The van der Waals surface area contributed by atoms with Crippen LogP contribution in [-0.2, 0) is 27.8 Å². The maximum absolute atomic E-state index is 13.5. The van der Waals surface area contributed by atoms with Crippen molar-refractivity contribution in [3.63, 3.8) is 0 Å². The molecule has 0 aliphatic carbocycles. The summed E-state index contributed by atoms with van der Waals surface area (Å²) >= 11 is 0. The Hall–Kier alpha value is -2.25. The molecular formula is C17H17FN2O3S. The Morgan fingerprint density at radius 2 is 1.96 bits per heavy atom. The fraction of sp³-hybridized carbons (Fsp3) is 0.235.